The number of hydrogen-bond acceptors (Lipinski definition) is 9. The average molecular weight is 588 g/mol. The van der Waals surface area contributed by atoms with Crippen molar-refractivity contribution in [3.05, 3.63) is 95.8 Å². The highest BCUT2D eigenvalue weighted by Gasteiger charge is 2.34. The predicted octanol–water partition coefficient (Wildman–Crippen LogP) is 6.47. The third-order valence-corrected chi connectivity index (χ3v) is 6.79. The van der Waals surface area contributed by atoms with Crippen molar-refractivity contribution in [2.45, 2.75) is 0 Å². The molecule has 0 unspecified atom stereocenters. The number of nitrogens with zero attached hydrogens (tertiary/aromatic N) is 3. The largest absolute Gasteiger partial charge is 0.493 e. The summed E-state index contributed by atoms with van der Waals surface area (Å²) in [5.41, 5.74) is -0.0560. The number of carbonyl (C=O) groups excluding carboxylic acids is 1. The van der Waals surface area contributed by atoms with Crippen molar-refractivity contribution in [3.63, 3.8) is 0 Å². The molecule has 1 aliphatic rings. The molecule has 1 fully saturated rings. The van der Waals surface area contributed by atoms with E-state index in [2.05, 4.69) is 15.9 Å². The van der Waals surface area contributed by atoms with Crippen LogP contribution in [0.25, 0.3) is 6.08 Å². The van der Waals surface area contributed by atoms with Crippen LogP contribution >= 0.6 is 39.9 Å². The lowest BCUT2D eigenvalue weighted by atomic mass is 10.1. The lowest BCUT2D eigenvalue weighted by molar-refractivity contribution is -0.394. The Hall–Kier alpha value is -3.81. The molecule has 182 valence electrons. The number of ether oxygens (including phenoxy) is 2. The van der Waals surface area contributed by atoms with Crippen LogP contribution in [0.1, 0.15) is 5.56 Å². The Morgan fingerprint density at radius 1 is 1.03 bits per heavy atom. The summed E-state index contributed by atoms with van der Waals surface area (Å²) in [6.07, 6.45) is 1.55. The van der Waals surface area contributed by atoms with Gasteiger partial charge in [0.1, 0.15) is 0 Å². The number of benzene rings is 3. The van der Waals surface area contributed by atoms with E-state index < -0.39 is 21.2 Å². The van der Waals surface area contributed by atoms with Crippen LogP contribution < -0.4 is 14.4 Å². The molecule has 4 rings (SSSR count). The number of thioether (sulfide) groups is 1. The second kappa shape index (κ2) is 10.4. The summed E-state index contributed by atoms with van der Waals surface area (Å²) >= 11 is 9.88. The first kappa shape index (κ1) is 25.3. The first-order chi connectivity index (χ1) is 17.2. The van der Waals surface area contributed by atoms with E-state index >= 15 is 0 Å². The SMILES string of the molecule is COc1cccc(/C=C2/SC(=S)N(c3ccc(Br)cc3)C2=O)c1Oc1ccc([N+](=O)[O-])cc1[N+](=O)[O-]. The number of nitro benzene ring substituents is 2. The second-order valence-corrected chi connectivity index (χ2v) is 9.73. The highest BCUT2D eigenvalue weighted by atomic mass is 79.9. The van der Waals surface area contributed by atoms with Crippen molar-refractivity contribution < 1.29 is 24.1 Å². The van der Waals surface area contributed by atoms with Gasteiger partial charge in [0.2, 0.25) is 5.75 Å². The molecular formula is C23H14BrN3O7S2. The smallest absolute Gasteiger partial charge is 0.318 e. The number of non-ortho nitro benzene ring substituents is 1. The number of anilines is 1. The molecule has 36 heavy (non-hydrogen) atoms. The fourth-order valence-electron chi connectivity index (χ4n) is 3.30. The van der Waals surface area contributed by atoms with E-state index in [1.807, 2.05) is 0 Å². The second-order valence-electron chi connectivity index (χ2n) is 7.14. The summed E-state index contributed by atoms with van der Waals surface area (Å²) < 4.78 is 12.4. The minimum absolute atomic E-state index is 0.0888. The standard InChI is InChI=1S/C23H14BrN3O7S2/c1-33-19-4-2-3-13(21(19)34-18-10-9-16(26(29)30)12-17(18)27(31)32)11-20-22(28)25(23(35)36-20)15-7-5-14(24)6-8-15/h2-12H,1H3/b20-11+. The summed E-state index contributed by atoms with van der Waals surface area (Å²) in [5, 5.41) is 22.6. The van der Waals surface area contributed by atoms with E-state index in [1.165, 1.54) is 12.0 Å². The van der Waals surface area contributed by atoms with Crippen LogP contribution in [0.15, 0.2) is 70.0 Å². The molecular weight excluding hydrogens is 574 g/mol. The summed E-state index contributed by atoms with van der Waals surface area (Å²) in [7, 11) is 1.39. The number of amides is 1. The number of halogens is 1. The Morgan fingerprint density at radius 2 is 1.75 bits per heavy atom. The van der Waals surface area contributed by atoms with Gasteiger partial charge in [-0.1, -0.05) is 52.0 Å². The molecule has 3 aromatic rings. The molecule has 0 aromatic heterocycles. The lowest BCUT2D eigenvalue weighted by Crippen LogP contribution is -2.27. The summed E-state index contributed by atoms with van der Waals surface area (Å²) in [5.74, 6) is -0.250. The van der Waals surface area contributed by atoms with E-state index in [9.17, 15) is 25.0 Å². The Morgan fingerprint density at radius 3 is 2.39 bits per heavy atom. The maximum Gasteiger partial charge on any atom is 0.318 e. The van der Waals surface area contributed by atoms with Crippen molar-refractivity contribution in [1.82, 2.24) is 0 Å². The van der Waals surface area contributed by atoms with Gasteiger partial charge in [-0.2, -0.15) is 0 Å². The maximum atomic E-state index is 13.2. The van der Waals surface area contributed by atoms with Gasteiger partial charge in [0.25, 0.3) is 11.6 Å². The van der Waals surface area contributed by atoms with E-state index in [-0.39, 0.29) is 23.2 Å². The molecule has 0 spiro atoms. The summed E-state index contributed by atoms with van der Waals surface area (Å²) in [6, 6.07) is 15.0. The Balaban J connectivity index is 1.74. The number of thiocarbonyl (C=S) groups is 1. The zero-order valence-corrected chi connectivity index (χ0v) is 21.5. The van der Waals surface area contributed by atoms with E-state index in [1.54, 1.807) is 48.5 Å². The van der Waals surface area contributed by atoms with Crippen LogP contribution in [0.5, 0.6) is 17.2 Å². The number of carbonyl (C=O) groups is 1. The van der Waals surface area contributed by atoms with Gasteiger partial charge in [-0.15, -0.1) is 0 Å². The van der Waals surface area contributed by atoms with Crippen LogP contribution in [0.2, 0.25) is 0 Å². The minimum atomic E-state index is -0.777. The minimum Gasteiger partial charge on any atom is -0.493 e. The maximum absolute atomic E-state index is 13.2. The molecule has 0 N–H and O–H groups in total. The van der Waals surface area contributed by atoms with Crippen molar-refractivity contribution in [2.24, 2.45) is 0 Å². The fourth-order valence-corrected chi connectivity index (χ4v) is 4.85. The Bertz CT molecular complexity index is 1440. The topological polar surface area (TPSA) is 125 Å². The zero-order valence-electron chi connectivity index (χ0n) is 18.2. The molecule has 10 nitrogen and oxygen atoms in total. The van der Waals surface area contributed by atoms with Crippen LogP contribution in [-0.2, 0) is 4.79 Å². The molecule has 1 amide bonds. The van der Waals surface area contributed by atoms with Crippen LogP contribution in [0.4, 0.5) is 17.1 Å². The van der Waals surface area contributed by atoms with E-state index in [4.69, 9.17) is 21.7 Å². The third-order valence-electron chi connectivity index (χ3n) is 4.96. The predicted molar refractivity (Wildman–Crippen MR) is 143 cm³/mol. The van der Waals surface area contributed by atoms with Crippen LogP contribution in [-0.4, -0.2) is 27.2 Å². The monoisotopic (exact) mass is 587 g/mol. The molecule has 0 aliphatic carbocycles. The number of methoxy groups -OCH3 is 1. The average Bonchev–Trinajstić information content (AvgIpc) is 3.13. The van der Waals surface area contributed by atoms with Gasteiger partial charge in [-0.05, 0) is 42.5 Å². The Labute approximate surface area is 221 Å². The van der Waals surface area contributed by atoms with Gasteiger partial charge >= 0.3 is 5.69 Å². The van der Waals surface area contributed by atoms with E-state index in [0.29, 0.717) is 20.5 Å². The lowest BCUT2D eigenvalue weighted by Gasteiger charge is -2.15. The molecule has 13 heteroatoms. The molecule has 3 aromatic carbocycles. The Kier molecular flexibility index (Phi) is 7.33. The summed E-state index contributed by atoms with van der Waals surface area (Å²) in [6.45, 7) is 0. The molecule has 0 bridgehead atoms. The van der Waals surface area contributed by atoms with Crippen LogP contribution in [0, 0.1) is 20.2 Å². The van der Waals surface area contributed by atoms with Crippen LogP contribution in [0.3, 0.4) is 0 Å². The molecule has 0 atom stereocenters. The number of para-hydroxylation sites is 1. The molecule has 1 heterocycles. The number of nitro groups is 2. The molecule has 1 aliphatic heterocycles. The number of rotatable bonds is 7. The zero-order chi connectivity index (χ0) is 26.0. The third kappa shape index (κ3) is 5.08. The van der Waals surface area contributed by atoms with Crippen molar-refractivity contribution in [1.29, 1.82) is 0 Å². The quantitative estimate of drug-likeness (QED) is 0.132. The highest BCUT2D eigenvalue weighted by molar-refractivity contribution is 9.10. The normalized spacial score (nSPS) is 14.3. The van der Waals surface area contributed by atoms with Crippen molar-refractivity contribution in [2.75, 3.05) is 12.0 Å². The van der Waals surface area contributed by atoms with Crippen molar-refractivity contribution >= 4 is 73.3 Å². The highest BCUT2D eigenvalue weighted by Crippen LogP contribution is 2.43. The van der Waals surface area contributed by atoms with Gasteiger partial charge in [0.05, 0.1) is 33.6 Å². The first-order valence-electron chi connectivity index (χ1n) is 10.0. The first-order valence-corrected chi connectivity index (χ1v) is 12.0. The van der Waals surface area contributed by atoms with Crippen molar-refractivity contribution in [3.8, 4) is 17.2 Å². The van der Waals surface area contributed by atoms with Gasteiger partial charge in [0.15, 0.2) is 15.8 Å². The molecule has 1 saturated heterocycles. The van der Waals surface area contributed by atoms with Gasteiger partial charge in [0, 0.05) is 16.1 Å². The number of hydrogen-bond donors (Lipinski definition) is 0. The summed E-state index contributed by atoms with van der Waals surface area (Å²) in [4.78, 5) is 36.0. The van der Waals surface area contributed by atoms with E-state index in [0.717, 1.165) is 34.4 Å². The molecule has 0 saturated carbocycles. The van der Waals surface area contributed by atoms with Gasteiger partial charge < -0.3 is 9.47 Å². The van der Waals surface area contributed by atoms with Gasteiger partial charge in [-0.3, -0.25) is 29.9 Å². The van der Waals surface area contributed by atoms with Gasteiger partial charge in [-0.25, -0.2) is 0 Å². The fraction of sp³-hybridized carbons (Fsp3) is 0.0435. The molecule has 0 radical (unpaired) electrons.